The molecule has 0 bridgehead atoms. The summed E-state index contributed by atoms with van der Waals surface area (Å²) in [5, 5.41) is 3.26. The Morgan fingerprint density at radius 3 is 2.59 bits per heavy atom. The number of imidazole rings is 1. The summed E-state index contributed by atoms with van der Waals surface area (Å²) in [6.07, 6.45) is 1.84. The highest BCUT2D eigenvalue weighted by Crippen LogP contribution is 2.22. The Kier molecular flexibility index (Phi) is 3.32. The van der Waals surface area contributed by atoms with Gasteiger partial charge in [0.15, 0.2) is 0 Å². The average Bonchev–Trinajstić information content (AvgIpc) is 2.97. The molecule has 0 spiro atoms. The monoisotopic (exact) mass is 306 g/mol. The van der Waals surface area contributed by atoms with Crippen LogP contribution in [0.4, 0.5) is 0 Å². The maximum atomic E-state index is 6.17. The molecule has 4 rings (SSSR count). The second-order valence-electron chi connectivity index (χ2n) is 5.50. The van der Waals surface area contributed by atoms with Crippen LogP contribution >= 0.6 is 11.6 Å². The minimum atomic E-state index is 0.700. The molecule has 0 fully saturated rings. The molecule has 108 valence electrons. The van der Waals surface area contributed by atoms with Crippen molar-refractivity contribution in [2.75, 3.05) is 0 Å². The topological polar surface area (TPSA) is 28.7 Å². The first-order valence-electron chi connectivity index (χ1n) is 7.40. The number of benzene rings is 3. The smallest absolute Gasteiger partial charge is 0.107 e. The third-order valence-corrected chi connectivity index (χ3v) is 4.28. The quantitative estimate of drug-likeness (QED) is 0.557. The number of aryl methyl sites for hydroxylation is 2. The first-order valence-corrected chi connectivity index (χ1v) is 7.78. The van der Waals surface area contributed by atoms with Crippen LogP contribution in [-0.4, -0.2) is 9.97 Å². The highest BCUT2D eigenvalue weighted by atomic mass is 35.5. The largest absolute Gasteiger partial charge is 0.342 e. The summed E-state index contributed by atoms with van der Waals surface area (Å²) in [5.74, 6) is 0.983. The molecule has 0 atom stereocenters. The van der Waals surface area contributed by atoms with Crippen LogP contribution in [0.2, 0.25) is 5.02 Å². The third-order valence-electron chi connectivity index (χ3n) is 3.98. The van der Waals surface area contributed by atoms with Gasteiger partial charge in [0.25, 0.3) is 0 Å². The van der Waals surface area contributed by atoms with E-state index >= 15 is 0 Å². The van der Waals surface area contributed by atoms with Crippen molar-refractivity contribution in [3.05, 3.63) is 77.1 Å². The van der Waals surface area contributed by atoms with Crippen molar-refractivity contribution >= 4 is 33.4 Å². The predicted molar refractivity (Wildman–Crippen MR) is 92.5 cm³/mol. The van der Waals surface area contributed by atoms with Gasteiger partial charge in [0.2, 0.25) is 0 Å². The molecule has 0 aliphatic rings. The maximum Gasteiger partial charge on any atom is 0.107 e. The summed E-state index contributed by atoms with van der Waals surface area (Å²) in [6.45, 7) is 0. The van der Waals surface area contributed by atoms with Gasteiger partial charge in [-0.05, 0) is 34.9 Å². The van der Waals surface area contributed by atoms with Crippen molar-refractivity contribution in [1.82, 2.24) is 9.97 Å². The SMILES string of the molecule is Clc1cccc2[nH]c(CCc3ccc4ccccc4c3)nc12. The van der Waals surface area contributed by atoms with E-state index in [1.165, 1.54) is 16.3 Å². The highest BCUT2D eigenvalue weighted by molar-refractivity contribution is 6.34. The van der Waals surface area contributed by atoms with E-state index in [1.807, 2.05) is 18.2 Å². The fourth-order valence-corrected chi connectivity index (χ4v) is 3.04. The minimum absolute atomic E-state index is 0.700. The lowest BCUT2D eigenvalue weighted by Gasteiger charge is -2.02. The third kappa shape index (κ3) is 2.46. The summed E-state index contributed by atoms with van der Waals surface area (Å²) in [5.41, 5.74) is 3.18. The zero-order valence-electron chi connectivity index (χ0n) is 12.0. The molecular weight excluding hydrogens is 292 g/mol. The van der Waals surface area contributed by atoms with Gasteiger partial charge in [-0.2, -0.15) is 0 Å². The lowest BCUT2D eigenvalue weighted by molar-refractivity contribution is 0.891. The number of fused-ring (bicyclic) bond motifs is 2. The van der Waals surface area contributed by atoms with Gasteiger partial charge in [0.1, 0.15) is 11.3 Å². The molecule has 0 aliphatic heterocycles. The number of aromatic nitrogens is 2. The fraction of sp³-hybridized carbons (Fsp3) is 0.105. The Morgan fingerprint density at radius 2 is 1.73 bits per heavy atom. The Bertz CT molecular complexity index is 956. The van der Waals surface area contributed by atoms with E-state index in [-0.39, 0.29) is 0 Å². The molecule has 4 aromatic rings. The number of nitrogens with one attached hydrogen (secondary N) is 1. The van der Waals surface area contributed by atoms with Crippen LogP contribution in [0, 0.1) is 0 Å². The number of para-hydroxylation sites is 1. The number of halogens is 1. The van der Waals surface area contributed by atoms with Gasteiger partial charge in [-0.25, -0.2) is 4.98 Å². The summed E-state index contributed by atoms with van der Waals surface area (Å²) in [4.78, 5) is 7.95. The zero-order valence-corrected chi connectivity index (χ0v) is 12.8. The van der Waals surface area contributed by atoms with Gasteiger partial charge < -0.3 is 4.98 Å². The lowest BCUT2D eigenvalue weighted by atomic mass is 10.0. The second kappa shape index (κ2) is 5.47. The van der Waals surface area contributed by atoms with Crippen molar-refractivity contribution in [3.8, 4) is 0 Å². The normalized spacial score (nSPS) is 11.3. The molecule has 0 saturated carbocycles. The molecular formula is C19H15ClN2. The van der Waals surface area contributed by atoms with E-state index in [0.29, 0.717) is 5.02 Å². The number of hydrogen-bond acceptors (Lipinski definition) is 1. The van der Waals surface area contributed by atoms with Crippen LogP contribution in [0.1, 0.15) is 11.4 Å². The highest BCUT2D eigenvalue weighted by Gasteiger charge is 2.06. The number of aromatic amines is 1. The van der Waals surface area contributed by atoms with E-state index < -0.39 is 0 Å². The number of nitrogens with zero attached hydrogens (tertiary/aromatic N) is 1. The van der Waals surface area contributed by atoms with E-state index in [9.17, 15) is 0 Å². The van der Waals surface area contributed by atoms with E-state index in [0.717, 1.165) is 29.7 Å². The number of rotatable bonds is 3. The second-order valence-corrected chi connectivity index (χ2v) is 5.91. The molecule has 22 heavy (non-hydrogen) atoms. The zero-order chi connectivity index (χ0) is 14.9. The van der Waals surface area contributed by atoms with Crippen LogP contribution in [0.25, 0.3) is 21.8 Å². The number of H-pyrrole nitrogens is 1. The van der Waals surface area contributed by atoms with Gasteiger partial charge in [-0.1, -0.05) is 60.1 Å². The molecule has 0 saturated heterocycles. The molecule has 0 unspecified atom stereocenters. The van der Waals surface area contributed by atoms with Gasteiger partial charge >= 0.3 is 0 Å². The fourth-order valence-electron chi connectivity index (χ4n) is 2.82. The molecule has 1 N–H and O–H groups in total. The summed E-state index contributed by atoms with van der Waals surface area (Å²) in [6, 6.07) is 20.9. The Hall–Kier alpha value is -2.32. The van der Waals surface area contributed by atoms with E-state index in [4.69, 9.17) is 11.6 Å². The Labute approximate surface area is 133 Å². The number of hydrogen-bond donors (Lipinski definition) is 1. The Balaban J connectivity index is 1.58. The standard InChI is InChI=1S/C19H15ClN2/c20-16-6-3-7-17-19(16)22-18(21-17)11-9-13-8-10-14-4-1-2-5-15(14)12-13/h1-8,10,12H,9,11H2,(H,21,22). The summed E-state index contributed by atoms with van der Waals surface area (Å²) >= 11 is 6.17. The van der Waals surface area contributed by atoms with Crippen molar-refractivity contribution in [3.63, 3.8) is 0 Å². The van der Waals surface area contributed by atoms with Gasteiger partial charge in [-0.3, -0.25) is 0 Å². The minimum Gasteiger partial charge on any atom is -0.342 e. The van der Waals surface area contributed by atoms with Crippen molar-refractivity contribution in [1.29, 1.82) is 0 Å². The van der Waals surface area contributed by atoms with Crippen LogP contribution < -0.4 is 0 Å². The maximum absolute atomic E-state index is 6.17. The van der Waals surface area contributed by atoms with E-state index in [1.54, 1.807) is 0 Å². The summed E-state index contributed by atoms with van der Waals surface area (Å²) in [7, 11) is 0. The molecule has 0 radical (unpaired) electrons. The van der Waals surface area contributed by atoms with Gasteiger partial charge in [-0.15, -0.1) is 0 Å². The average molecular weight is 307 g/mol. The molecule has 2 nitrogen and oxygen atoms in total. The molecule has 1 heterocycles. The van der Waals surface area contributed by atoms with Crippen LogP contribution in [-0.2, 0) is 12.8 Å². The van der Waals surface area contributed by atoms with Gasteiger partial charge in [0.05, 0.1) is 10.5 Å². The van der Waals surface area contributed by atoms with Crippen molar-refractivity contribution < 1.29 is 0 Å². The molecule has 3 aromatic carbocycles. The van der Waals surface area contributed by atoms with Gasteiger partial charge in [0, 0.05) is 6.42 Å². The van der Waals surface area contributed by atoms with Crippen LogP contribution in [0.5, 0.6) is 0 Å². The molecule has 3 heteroatoms. The molecule has 1 aromatic heterocycles. The predicted octanol–water partition coefficient (Wildman–Crippen LogP) is 5.15. The van der Waals surface area contributed by atoms with Crippen LogP contribution in [0.3, 0.4) is 0 Å². The molecule has 0 amide bonds. The first-order chi connectivity index (χ1) is 10.8. The van der Waals surface area contributed by atoms with Crippen LogP contribution in [0.15, 0.2) is 60.7 Å². The van der Waals surface area contributed by atoms with E-state index in [2.05, 4.69) is 52.4 Å². The molecule has 0 aliphatic carbocycles. The van der Waals surface area contributed by atoms with Crippen molar-refractivity contribution in [2.24, 2.45) is 0 Å². The summed E-state index contributed by atoms with van der Waals surface area (Å²) < 4.78 is 0. The lowest BCUT2D eigenvalue weighted by Crippen LogP contribution is -1.93. The van der Waals surface area contributed by atoms with Crippen molar-refractivity contribution in [2.45, 2.75) is 12.8 Å². The first kappa shape index (κ1) is 13.4. The Morgan fingerprint density at radius 1 is 0.864 bits per heavy atom.